The van der Waals surface area contributed by atoms with Crippen LogP contribution in [0.2, 0.25) is 0 Å². The van der Waals surface area contributed by atoms with E-state index >= 15 is 0 Å². The molecule has 15 atom stereocenters. The Morgan fingerprint density at radius 2 is 1.34 bits per heavy atom. The minimum atomic E-state index is -2.01. The molecule has 0 bridgehead atoms. The third-order valence-electron chi connectivity index (χ3n) is 11.0. The second-order valence-electron chi connectivity index (χ2n) is 15.5. The number of esters is 1. The number of ether oxygens (including phenoxy) is 8. The molecule has 1 aromatic heterocycles. The Kier molecular flexibility index (Phi) is 14.6. The Labute approximate surface area is 368 Å². The first-order valence-corrected chi connectivity index (χ1v) is 20.1. The van der Waals surface area contributed by atoms with Gasteiger partial charge in [0, 0.05) is 24.3 Å². The second-order valence-corrected chi connectivity index (χ2v) is 15.5. The molecule has 0 unspecified atom stereocenters. The fourth-order valence-corrected chi connectivity index (χ4v) is 7.33. The third-order valence-corrected chi connectivity index (χ3v) is 11.0. The zero-order valence-electron chi connectivity index (χ0n) is 34.5. The number of aromatic hydroxyl groups is 3. The van der Waals surface area contributed by atoms with Crippen LogP contribution in [-0.4, -0.2) is 180 Å². The van der Waals surface area contributed by atoms with Crippen molar-refractivity contribution < 1.29 is 108 Å². The third kappa shape index (κ3) is 10.2. The molecule has 3 fully saturated rings. The molecule has 352 valence electrons. The number of aliphatic hydroxyl groups is 9. The molecule has 4 heterocycles. The fraction of sp³-hybridized carbons (Fsp3) is 0.442. The van der Waals surface area contributed by atoms with Crippen LogP contribution in [0.1, 0.15) is 12.5 Å². The van der Waals surface area contributed by atoms with E-state index in [1.165, 1.54) is 74.7 Å². The number of rotatable bonds is 13. The SMILES string of the molecule is COc1cc(-c2[o+]c3cc(O)cc(O[C@@H]4O[C@H](CO)[C@@H](O)[C@H](O)[C@H]4O)c3cc2O[C@@H]2O[C@H](CO[C@@H]3O[C@@H](C)[C@H](O)[C@@H](O)[C@H]3O)[C@@H](O)[C@H](OC(=O)C=Cc3ccc(O)cc3)[C@H]2O)ccc1O. The summed E-state index contributed by atoms with van der Waals surface area (Å²) in [6, 6.07) is 13.3. The van der Waals surface area contributed by atoms with Crippen molar-refractivity contribution in [2.24, 2.45) is 0 Å². The summed E-state index contributed by atoms with van der Waals surface area (Å²) >= 11 is 0. The Hall–Kier alpha value is -5.44. The highest BCUT2D eigenvalue weighted by Gasteiger charge is 2.51. The minimum absolute atomic E-state index is 0.0184. The van der Waals surface area contributed by atoms with Crippen molar-refractivity contribution in [3.63, 3.8) is 0 Å². The molecule has 0 spiro atoms. The van der Waals surface area contributed by atoms with Crippen molar-refractivity contribution in [2.75, 3.05) is 20.3 Å². The highest BCUT2D eigenvalue weighted by Crippen LogP contribution is 2.43. The van der Waals surface area contributed by atoms with Gasteiger partial charge in [0.2, 0.25) is 18.3 Å². The van der Waals surface area contributed by atoms with E-state index in [9.17, 15) is 66.1 Å². The van der Waals surface area contributed by atoms with Crippen LogP contribution in [-0.2, 0) is 28.5 Å². The van der Waals surface area contributed by atoms with Crippen LogP contribution in [0, 0.1) is 0 Å². The van der Waals surface area contributed by atoms with Crippen LogP contribution in [0.5, 0.6) is 34.5 Å². The number of methoxy groups -OCH3 is 1. The van der Waals surface area contributed by atoms with Crippen molar-refractivity contribution in [1.82, 2.24) is 0 Å². The van der Waals surface area contributed by atoms with E-state index in [1.54, 1.807) is 0 Å². The number of phenols is 3. The van der Waals surface area contributed by atoms with Gasteiger partial charge in [0.25, 0.3) is 0 Å². The van der Waals surface area contributed by atoms with Crippen LogP contribution in [0.4, 0.5) is 0 Å². The Bertz CT molecular complexity index is 2310. The molecule has 65 heavy (non-hydrogen) atoms. The number of hydrogen-bond donors (Lipinski definition) is 12. The summed E-state index contributed by atoms with van der Waals surface area (Å²) in [4.78, 5) is 13.2. The van der Waals surface area contributed by atoms with Crippen molar-refractivity contribution >= 4 is 23.0 Å². The first-order valence-electron chi connectivity index (χ1n) is 20.1. The maximum absolute atomic E-state index is 13.2. The predicted octanol–water partition coefficient (Wildman–Crippen LogP) is -1.02. The quantitative estimate of drug-likeness (QED) is 0.0434. The van der Waals surface area contributed by atoms with Crippen molar-refractivity contribution in [2.45, 2.75) is 99.0 Å². The monoisotopic (exact) mass is 917 g/mol. The van der Waals surface area contributed by atoms with Gasteiger partial charge in [-0.3, -0.25) is 0 Å². The first kappa shape index (κ1) is 47.5. The summed E-state index contributed by atoms with van der Waals surface area (Å²) in [5.41, 5.74) is 0.544. The Morgan fingerprint density at radius 1 is 0.677 bits per heavy atom. The highest BCUT2D eigenvalue weighted by atomic mass is 16.7. The summed E-state index contributed by atoms with van der Waals surface area (Å²) in [6.07, 6.45) is -22.8. The van der Waals surface area contributed by atoms with Gasteiger partial charge in [-0.05, 0) is 42.8 Å². The fourth-order valence-electron chi connectivity index (χ4n) is 7.33. The number of phenolic OH excluding ortho intramolecular Hbond substituents is 3. The number of hydrogen-bond acceptors (Lipinski definition) is 21. The topological polar surface area (TPSA) is 345 Å². The lowest BCUT2D eigenvalue weighted by Crippen LogP contribution is -2.62. The molecule has 22 nitrogen and oxygen atoms in total. The predicted molar refractivity (Wildman–Crippen MR) is 217 cm³/mol. The van der Waals surface area contributed by atoms with Crippen LogP contribution in [0.25, 0.3) is 28.4 Å². The molecule has 3 aromatic carbocycles. The van der Waals surface area contributed by atoms with E-state index in [0.717, 1.165) is 12.1 Å². The summed E-state index contributed by atoms with van der Waals surface area (Å²) < 4.78 is 52.0. The van der Waals surface area contributed by atoms with Gasteiger partial charge in [-0.1, -0.05) is 12.1 Å². The van der Waals surface area contributed by atoms with Gasteiger partial charge in [0.15, 0.2) is 30.0 Å². The zero-order valence-corrected chi connectivity index (χ0v) is 34.5. The van der Waals surface area contributed by atoms with Crippen LogP contribution in [0.15, 0.2) is 71.2 Å². The molecule has 3 aliphatic rings. The van der Waals surface area contributed by atoms with Crippen molar-refractivity contribution in [3.8, 4) is 45.8 Å². The van der Waals surface area contributed by atoms with Crippen molar-refractivity contribution in [3.05, 3.63) is 72.3 Å². The van der Waals surface area contributed by atoms with Gasteiger partial charge in [0.1, 0.15) is 77.6 Å². The van der Waals surface area contributed by atoms with Gasteiger partial charge < -0.3 is 99.2 Å². The molecule has 22 heteroatoms. The van der Waals surface area contributed by atoms with Gasteiger partial charge in [0.05, 0.1) is 38.1 Å². The maximum Gasteiger partial charge on any atom is 0.402 e. The lowest BCUT2D eigenvalue weighted by atomic mass is 9.98. The van der Waals surface area contributed by atoms with E-state index in [-0.39, 0.29) is 51.0 Å². The molecule has 0 amide bonds. The Morgan fingerprint density at radius 3 is 2.05 bits per heavy atom. The Balaban J connectivity index is 1.27. The van der Waals surface area contributed by atoms with Crippen molar-refractivity contribution in [1.29, 1.82) is 0 Å². The summed E-state index contributed by atoms with van der Waals surface area (Å²) in [5.74, 6) is -2.50. The van der Waals surface area contributed by atoms with Gasteiger partial charge in [-0.25, -0.2) is 9.21 Å². The molecule has 0 radical (unpaired) electrons. The van der Waals surface area contributed by atoms with Gasteiger partial charge >= 0.3 is 17.3 Å². The van der Waals surface area contributed by atoms with Crippen LogP contribution in [0.3, 0.4) is 0 Å². The highest BCUT2D eigenvalue weighted by molar-refractivity contribution is 5.89. The standard InChI is InChI=1S/C43H48O22/c1-17-31(49)34(52)36(54)41(59-17)58-16-29-33(51)40(65-30(48)10-5-18-3-7-20(45)8-4-18)38(56)43(64-29)62-27-14-22-24(60-39(27)19-6-9-23(47)26(11-19)57-2)12-21(46)13-25(22)61-42-37(55)35(53)32(50)28(15-44)63-42/h3-14,17,28-29,31-38,40-44,49-56H,15-16H2,1-2H3,(H2-,45,46,47,48)/p+1/t17-,28+,29+,31-,32+,33+,34+,35-,36+,37+,38+,40-,41+,42+,43+/m0/s1. The summed E-state index contributed by atoms with van der Waals surface area (Å²) in [7, 11) is 1.29. The summed E-state index contributed by atoms with van der Waals surface area (Å²) in [6.45, 7) is -0.0176. The second kappa shape index (κ2) is 20.0. The molecule has 3 aliphatic heterocycles. The lowest BCUT2D eigenvalue weighted by Gasteiger charge is -2.43. The van der Waals surface area contributed by atoms with Gasteiger partial charge in [-0.2, -0.15) is 0 Å². The molecule has 0 aliphatic carbocycles. The largest absolute Gasteiger partial charge is 0.508 e. The molecular weight excluding hydrogens is 868 g/mol. The average Bonchev–Trinajstić information content (AvgIpc) is 3.29. The number of fused-ring (bicyclic) bond motifs is 1. The molecule has 0 saturated carbocycles. The normalized spacial score (nSPS) is 32.9. The number of aliphatic hydroxyl groups excluding tert-OH is 9. The van der Waals surface area contributed by atoms with E-state index in [0.29, 0.717) is 5.56 Å². The number of benzene rings is 3. The molecule has 4 aromatic rings. The van der Waals surface area contributed by atoms with E-state index < -0.39 is 117 Å². The van der Waals surface area contributed by atoms with Crippen LogP contribution < -0.4 is 14.2 Å². The average molecular weight is 918 g/mol. The molecular formula is C43H49O22+. The number of carbonyl (C=O) groups is 1. The molecule has 3 saturated heterocycles. The number of carbonyl (C=O) groups excluding carboxylic acids is 1. The van der Waals surface area contributed by atoms with E-state index in [1.807, 2.05) is 0 Å². The van der Waals surface area contributed by atoms with Crippen LogP contribution >= 0.6 is 0 Å². The van der Waals surface area contributed by atoms with Gasteiger partial charge in [-0.15, -0.1) is 0 Å². The zero-order chi connectivity index (χ0) is 46.9. The lowest BCUT2D eigenvalue weighted by molar-refractivity contribution is -0.319. The summed E-state index contributed by atoms with van der Waals surface area (Å²) in [5, 5.41) is 126. The first-order chi connectivity index (χ1) is 31.0. The molecule has 7 rings (SSSR count). The van der Waals surface area contributed by atoms with E-state index in [2.05, 4.69) is 0 Å². The maximum atomic E-state index is 13.2. The van der Waals surface area contributed by atoms with E-state index in [4.69, 9.17) is 42.3 Å². The smallest absolute Gasteiger partial charge is 0.402 e. The molecule has 12 N–H and O–H groups in total. The minimum Gasteiger partial charge on any atom is -0.508 e.